The van der Waals surface area contributed by atoms with Crippen LogP contribution in [-0.2, 0) is 9.59 Å². The Labute approximate surface area is 253 Å². The highest BCUT2D eigenvalue weighted by molar-refractivity contribution is 7.18. The lowest BCUT2D eigenvalue weighted by atomic mass is 9.96. The Morgan fingerprint density at radius 3 is 2.49 bits per heavy atom. The Balaban J connectivity index is 1.74. The molecule has 0 aliphatic carbocycles. The Kier molecular flexibility index (Phi) is 8.36. The van der Waals surface area contributed by atoms with Crippen molar-refractivity contribution in [2.75, 3.05) is 18.1 Å². The van der Waals surface area contributed by atoms with E-state index in [1.54, 1.807) is 32.0 Å². The molecule has 1 N–H and O–H groups in total. The van der Waals surface area contributed by atoms with Crippen molar-refractivity contribution in [2.45, 2.75) is 60.4 Å². The number of unbranched alkanes of at least 4 members (excludes halogenated alkanes) is 1. The van der Waals surface area contributed by atoms with Gasteiger partial charge in [0.25, 0.3) is 5.78 Å². The number of hydrogen-bond acceptors (Lipinski definition) is 9. The van der Waals surface area contributed by atoms with Gasteiger partial charge < -0.3 is 19.0 Å². The zero-order chi connectivity index (χ0) is 31.0. The largest absolute Gasteiger partial charge is 0.505 e. The molecule has 1 aliphatic rings. The van der Waals surface area contributed by atoms with Gasteiger partial charge in [-0.3, -0.25) is 19.3 Å². The molecule has 0 bridgehead atoms. The number of Topliss-reactive ketones (excluding diaryl/α,β-unsaturated/α-hetero) is 2. The Morgan fingerprint density at radius 1 is 1.07 bits per heavy atom. The number of aliphatic hydroxyl groups is 1. The molecule has 3 aromatic heterocycles. The molecule has 0 radical (unpaired) electrons. The van der Waals surface area contributed by atoms with Crippen molar-refractivity contribution < 1.29 is 29.0 Å². The molecule has 1 aliphatic heterocycles. The van der Waals surface area contributed by atoms with Crippen molar-refractivity contribution in [3.63, 3.8) is 0 Å². The SMILES string of the molecule is CCCCOc1ccc(C2C(=C(O)c3nc4c(C)cccn4c3C)C(=O)C(=O)N2c2nc(C)c(C(C)=O)s2)cc1OCC. The summed E-state index contributed by atoms with van der Waals surface area (Å²) in [6.07, 6.45) is 3.66. The van der Waals surface area contributed by atoms with Crippen LogP contribution in [0.1, 0.15) is 77.5 Å². The Bertz CT molecular complexity index is 1790. The van der Waals surface area contributed by atoms with Crippen LogP contribution in [0.2, 0.25) is 0 Å². The Hall–Kier alpha value is -4.51. The topological polar surface area (TPSA) is 123 Å². The molecule has 1 saturated heterocycles. The number of nitrogens with zero attached hydrogens (tertiary/aromatic N) is 4. The van der Waals surface area contributed by atoms with Crippen LogP contribution >= 0.6 is 11.3 Å². The van der Waals surface area contributed by atoms with Gasteiger partial charge in [0.05, 0.1) is 41.1 Å². The number of aliphatic hydroxyl groups excluding tert-OH is 1. The molecule has 1 fully saturated rings. The quantitative estimate of drug-likeness (QED) is 0.0757. The molecule has 1 atom stereocenters. The minimum absolute atomic E-state index is 0.131. The third kappa shape index (κ3) is 5.29. The number of imidazole rings is 1. The summed E-state index contributed by atoms with van der Waals surface area (Å²) in [5.74, 6) is -1.36. The fourth-order valence-corrected chi connectivity index (χ4v) is 6.23. The van der Waals surface area contributed by atoms with E-state index in [4.69, 9.17) is 9.47 Å². The van der Waals surface area contributed by atoms with Crippen LogP contribution in [0.4, 0.5) is 5.13 Å². The van der Waals surface area contributed by atoms with Crippen molar-refractivity contribution in [3.8, 4) is 11.5 Å². The second-order valence-electron chi connectivity index (χ2n) is 10.4. The van der Waals surface area contributed by atoms with Gasteiger partial charge in [0.15, 0.2) is 28.2 Å². The average molecular weight is 603 g/mol. The predicted octanol–water partition coefficient (Wildman–Crippen LogP) is 6.12. The zero-order valence-electron chi connectivity index (χ0n) is 25.1. The number of thiazole rings is 1. The number of carbonyl (C=O) groups is 3. The number of amides is 1. The van der Waals surface area contributed by atoms with Gasteiger partial charge in [-0.05, 0) is 63.4 Å². The van der Waals surface area contributed by atoms with Crippen LogP contribution in [0.3, 0.4) is 0 Å². The summed E-state index contributed by atoms with van der Waals surface area (Å²) in [4.78, 5) is 50.6. The molecule has 0 saturated carbocycles. The lowest BCUT2D eigenvalue weighted by Crippen LogP contribution is -2.29. The van der Waals surface area contributed by atoms with Gasteiger partial charge in [-0.15, -0.1) is 0 Å². The van der Waals surface area contributed by atoms with Gasteiger partial charge in [-0.25, -0.2) is 9.97 Å². The summed E-state index contributed by atoms with van der Waals surface area (Å²) in [6.45, 7) is 11.6. The fourth-order valence-electron chi connectivity index (χ4n) is 5.24. The summed E-state index contributed by atoms with van der Waals surface area (Å²) in [5, 5.41) is 12.0. The van der Waals surface area contributed by atoms with Crippen molar-refractivity contribution in [2.24, 2.45) is 0 Å². The molecule has 1 aromatic carbocycles. The number of aryl methyl sites for hydroxylation is 3. The van der Waals surface area contributed by atoms with Gasteiger partial charge in [-0.2, -0.15) is 0 Å². The van der Waals surface area contributed by atoms with Crippen LogP contribution in [-0.4, -0.2) is 50.2 Å². The summed E-state index contributed by atoms with van der Waals surface area (Å²) >= 11 is 1.03. The monoisotopic (exact) mass is 602 g/mol. The first-order valence-corrected chi connectivity index (χ1v) is 15.0. The van der Waals surface area contributed by atoms with E-state index >= 15 is 0 Å². The van der Waals surface area contributed by atoms with Crippen molar-refractivity contribution in [1.82, 2.24) is 14.4 Å². The highest BCUT2D eigenvalue weighted by Crippen LogP contribution is 2.46. The molecule has 4 aromatic rings. The molecule has 0 spiro atoms. The van der Waals surface area contributed by atoms with E-state index in [0.717, 1.165) is 29.7 Å². The Morgan fingerprint density at radius 2 is 1.84 bits per heavy atom. The smallest absolute Gasteiger partial charge is 0.301 e. The molecule has 4 heterocycles. The first-order valence-electron chi connectivity index (χ1n) is 14.2. The molecule has 43 heavy (non-hydrogen) atoms. The van der Waals surface area contributed by atoms with Gasteiger partial charge in [-0.1, -0.05) is 36.8 Å². The van der Waals surface area contributed by atoms with E-state index in [1.165, 1.54) is 11.8 Å². The van der Waals surface area contributed by atoms with E-state index < -0.39 is 23.5 Å². The molecular weight excluding hydrogens is 568 g/mol. The first kappa shape index (κ1) is 30.0. The maximum absolute atomic E-state index is 13.8. The second kappa shape index (κ2) is 12.0. The third-order valence-electron chi connectivity index (χ3n) is 7.40. The van der Waals surface area contributed by atoms with E-state index in [1.807, 2.05) is 36.6 Å². The first-order chi connectivity index (χ1) is 20.6. The van der Waals surface area contributed by atoms with E-state index in [-0.39, 0.29) is 22.2 Å². The number of ether oxygens (including phenoxy) is 2. The van der Waals surface area contributed by atoms with Crippen molar-refractivity contribution >= 4 is 45.3 Å². The number of ketones is 2. The van der Waals surface area contributed by atoms with E-state index in [0.29, 0.717) is 52.2 Å². The van der Waals surface area contributed by atoms with Gasteiger partial charge >= 0.3 is 5.91 Å². The fraction of sp³-hybridized carbons (Fsp3) is 0.344. The molecule has 1 unspecified atom stereocenters. The summed E-state index contributed by atoms with van der Waals surface area (Å²) < 4.78 is 13.7. The van der Waals surface area contributed by atoms with Crippen molar-refractivity contribution in [1.29, 1.82) is 0 Å². The second-order valence-corrected chi connectivity index (χ2v) is 11.4. The number of benzene rings is 1. The summed E-state index contributed by atoms with van der Waals surface area (Å²) in [6, 6.07) is 7.91. The maximum atomic E-state index is 13.8. The van der Waals surface area contributed by atoms with Crippen LogP contribution in [0.5, 0.6) is 11.5 Å². The molecule has 224 valence electrons. The van der Waals surface area contributed by atoms with Crippen LogP contribution < -0.4 is 14.4 Å². The molecule has 5 rings (SSSR count). The highest BCUT2D eigenvalue weighted by Gasteiger charge is 2.49. The zero-order valence-corrected chi connectivity index (χ0v) is 25.9. The van der Waals surface area contributed by atoms with E-state index in [9.17, 15) is 19.5 Å². The number of rotatable bonds is 10. The molecular formula is C32H34N4O6S. The molecule has 1 amide bonds. The average Bonchev–Trinajstić information content (AvgIpc) is 3.61. The van der Waals surface area contributed by atoms with Crippen molar-refractivity contribution in [3.05, 3.63) is 75.2 Å². The van der Waals surface area contributed by atoms with Crippen LogP contribution in [0.25, 0.3) is 11.4 Å². The summed E-state index contributed by atoms with van der Waals surface area (Å²) in [7, 11) is 0. The number of pyridine rings is 1. The third-order valence-corrected chi connectivity index (χ3v) is 8.66. The summed E-state index contributed by atoms with van der Waals surface area (Å²) in [5.41, 5.74) is 3.14. The lowest BCUT2D eigenvalue weighted by Gasteiger charge is -2.24. The number of carbonyl (C=O) groups excluding carboxylic acids is 3. The normalized spacial score (nSPS) is 16.3. The van der Waals surface area contributed by atoms with E-state index in [2.05, 4.69) is 16.9 Å². The number of hydrogen-bond donors (Lipinski definition) is 1. The molecule has 11 heteroatoms. The highest BCUT2D eigenvalue weighted by atomic mass is 32.1. The maximum Gasteiger partial charge on any atom is 0.301 e. The minimum Gasteiger partial charge on any atom is -0.505 e. The standard InChI is InChI=1S/C32H34N4O6S/c1-7-9-15-42-22-13-12-21(16-23(22)41-8-2)26-24(27(38)25-19(5)35-14-10-11-17(3)30(35)34-25)28(39)31(40)36(26)32-33-18(4)29(43-32)20(6)37/h10-14,16,26,38H,7-9,15H2,1-6H3. The number of fused-ring (bicyclic) bond motifs is 1. The molecule has 10 nitrogen and oxygen atoms in total. The van der Waals surface area contributed by atoms with Crippen LogP contribution in [0, 0.1) is 20.8 Å². The van der Waals surface area contributed by atoms with Gasteiger partial charge in [0.1, 0.15) is 11.3 Å². The lowest BCUT2D eigenvalue weighted by molar-refractivity contribution is -0.132. The van der Waals surface area contributed by atoms with Crippen LogP contribution in [0.15, 0.2) is 42.1 Å². The predicted molar refractivity (Wildman–Crippen MR) is 164 cm³/mol. The number of anilines is 1. The number of aromatic nitrogens is 3. The van der Waals surface area contributed by atoms with Gasteiger partial charge in [0, 0.05) is 13.1 Å². The van der Waals surface area contributed by atoms with Gasteiger partial charge in [0.2, 0.25) is 0 Å². The minimum atomic E-state index is -1.07.